The highest BCUT2D eigenvalue weighted by molar-refractivity contribution is 5.76. The van der Waals surface area contributed by atoms with Crippen LogP contribution in [0.1, 0.15) is 24.5 Å². The average molecular weight is 366 g/mol. The lowest BCUT2D eigenvalue weighted by atomic mass is 10.1. The molecule has 0 aliphatic carbocycles. The molecule has 1 unspecified atom stereocenters. The van der Waals surface area contributed by atoms with E-state index >= 15 is 0 Å². The third-order valence-corrected chi connectivity index (χ3v) is 3.77. The molecular weight excluding hydrogens is 345 g/mol. The van der Waals surface area contributed by atoms with Crippen LogP contribution in [0.2, 0.25) is 0 Å². The SMILES string of the molecule is CC(COc1ccccc1C(F)(F)F)NC(=O)CCc1ccccc1N. The summed E-state index contributed by atoms with van der Waals surface area (Å²) in [6, 6.07) is 11.8. The van der Waals surface area contributed by atoms with Crippen LogP contribution in [0.5, 0.6) is 5.75 Å². The number of carbonyl (C=O) groups excluding carboxylic acids is 1. The fourth-order valence-corrected chi connectivity index (χ4v) is 2.44. The summed E-state index contributed by atoms with van der Waals surface area (Å²) in [6.07, 6.45) is -3.76. The van der Waals surface area contributed by atoms with Gasteiger partial charge in [0.25, 0.3) is 0 Å². The highest BCUT2D eigenvalue weighted by Crippen LogP contribution is 2.35. The molecule has 0 bridgehead atoms. The van der Waals surface area contributed by atoms with E-state index in [2.05, 4.69) is 5.32 Å². The first kappa shape index (κ1) is 19.6. The monoisotopic (exact) mass is 366 g/mol. The van der Waals surface area contributed by atoms with Gasteiger partial charge < -0.3 is 15.8 Å². The van der Waals surface area contributed by atoms with E-state index in [9.17, 15) is 18.0 Å². The van der Waals surface area contributed by atoms with E-state index in [1.54, 1.807) is 13.0 Å². The molecule has 0 aromatic heterocycles. The zero-order valence-electron chi connectivity index (χ0n) is 14.3. The maximum atomic E-state index is 12.9. The lowest BCUT2D eigenvalue weighted by Crippen LogP contribution is -2.37. The van der Waals surface area contributed by atoms with Crippen molar-refractivity contribution in [1.29, 1.82) is 0 Å². The molecule has 0 aliphatic rings. The molecule has 140 valence electrons. The molecule has 4 nitrogen and oxygen atoms in total. The zero-order chi connectivity index (χ0) is 19.2. The van der Waals surface area contributed by atoms with E-state index in [1.165, 1.54) is 18.2 Å². The van der Waals surface area contributed by atoms with Crippen molar-refractivity contribution in [3.63, 3.8) is 0 Å². The number of halogens is 3. The third kappa shape index (κ3) is 5.68. The van der Waals surface area contributed by atoms with Gasteiger partial charge in [-0.3, -0.25) is 4.79 Å². The quantitative estimate of drug-likeness (QED) is 0.733. The van der Waals surface area contributed by atoms with Crippen LogP contribution in [0.25, 0.3) is 0 Å². The maximum Gasteiger partial charge on any atom is 0.419 e. The van der Waals surface area contributed by atoms with Crippen molar-refractivity contribution < 1.29 is 22.7 Å². The van der Waals surface area contributed by atoms with Gasteiger partial charge in [-0.15, -0.1) is 0 Å². The van der Waals surface area contributed by atoms with Gasteiger partial charge in [-0.25, -0.2) is 0 Å². The predicted molar refractivity (Wildman–Crippen MR) is 93.7 cm³/mol. The largest absolute Gasteiger partial charge is 0.491 e. The van der Waals surface area contributed by atoms with Crippen LogP contribution in [-0.4, -0.2) is 18.6 Å². The smallest absolute Gasteiger partial charge is 0.419 e. The van der Waals surface area contributed by atoms with Crippen LogP contribution in [0.3, 0.4) is 0 Å². The number of alkyl halides is 3. The van der Waals surface area contributed by atoms with Gasteiger partial charge in [-0.2, -0.15) is 13.2 Å². The number of nitrogen functional groups attached to an aromatic ring is 1. The van der Waals surface area contributed by atoms with Gasteiger partial charge in [-0.05, 0) is 37.1 Å². The summed E-state index contributed by atoms with van der Waals surface area (Å²) in [6.45, 7) is 1.61. The Kier molecular flexibility index (Phi) is 6.49. The molecule has 2 aromatic carbocycles. The number of para-hydroxylation sites is 2. The molecule has 0 radical (unpaired) electrons. The van der Waals surface area contributed by atoms with Gasteiger partial charge >= 0.3 is 6.18 Å². The van der Waals surface area contributed by atoms with E-state index in [1.807, 2.05) is 18.2 Å². The van der Waals surface area contributed by atoms with Gasteiger partial charge in [0.1, 0.15) is 12.4 Å². The Bertz CT molecular complexity index is 748. The van der Waals surface area contributed by atoms with Crippen LogP contribution in [0.4, 0.5) is 18.9 Å². The van der Waals surface area contributed by atoms with Crippen molar-refractivity contribution in [2.45, 2.75) is 32.0 Å². The molecule has 0 spiro atoms. The summed E-state index contributed by atoms with van der Waals surface area (Å²) < 4.78 is 44.0. The zero-order valence-corrected chi connectivity index (χ0v) is 14.3. The van der Waals surface area contributed by atoms with E-state index < -0.39 is 17.8 Å². The normalized spacial score (nSPS) is 12.5. The third-order valence-electron chi connectivity index (χ3n) is 3.77. The molecule has 0 saturated heterocycles. The second-order valence-electron chi connectivity index (χ2n) is 5.97. The lowest BCUT2D eigenvalue weighted by molar-refractivity contribution is -0.139. The number of aryl methyl sites for hydroxylation is 1. The molecule has 2 rings (SSSR count). The number of rotatable bonds is 7. The second-order valence-corrected chi connectivity index (χ2v) is 5.97. The Morgan fingerprint density at radius 1 is 1.15 bits per heavy atom. The summed E-state index contributed by atoms with van der Waals surface area (Å²) in [7, 11) is 0. The summed E-state index contributed by atoms with van der Waals surface area (Å²) in [4.78, 5) is 12.0. The minimum atomic E-state index is -4.49. The summed E-state index contributed by atoms with van der Waals surface area (Å²) in [5.74, 6) is -0.466. The number of hydrogen-bond donors (Lipinski definition) is 2. The Labute approximate surface area is 150 Å². The molecule has 3 N–H and O–H groups in total. The minimum Gasteiger partial charge on any atom is -0.491 e. The molecule has 1 amide bonds. The number of nitrogens with one attached hydrogen (secondary N) is 1. The second kappa shape index (κ2) is 8.60. The highest BCUT2D eigenvalue weighted by atomic mass is 19.4. The number of amides is 1. The molecule has 7 heteroatoms. The molecule has 0 heterocycles. The number of ether oxygens (including phenoxy) is 1. The maximum absolute atomic E-state index is 12.9. The fraction of sp³-hybridized carbons (Fsp3) is 0.316. The van der Waals surface area contributed by atoms with Crippen molar-refractivity contribution in [1.82, 2.24) is 5.32 Å². The molecule has 26 heavy (non-hydrogen) atoms. The van der Waals surface area contributed by atoms with Gasteiger partial charge in [-0.1, -0.05) is 30.3 Å². The number of nitrogens with two attached hydrogens (primary N) is 1. The predicted octanol–water partition coefficient (Wildman–Crippen LogP) is 3.80. The Hall–Kier alpha value is -2.70. The first-order valence-electron chi connectivity index (χ1n) is 8.19. The number of hydrogen-bond acceptors (Lipinski definition) is 3. The van der Waals surface area contributed by atoms with Crippen molar-refractivity contribution in [3.8, 4) is 5.75 Å². The topological polar surface area (TPSA) is 64.3 Å². The summed E-state index contributed by atoms with van der Waals surface area (Å²) in [5, 5.41) is 2.71. The van der Waals surface area contributed by atoms with E-state index in [-0.39, 0.29) is 24.7 Å². The Morgan fingerprint density at radius 3 is 2.50 bits per heavy atom. The van der Waals surface area contributed by atoms with Crippen molar-refractivity contribution in [2.75, 3.05) is 12.3 Å². The molecule has 1 atom stereocenters. The van der Waals surface area contributed by atoms with Crippen molar-refractivity contribution >= 4 is 11.6 Å². The van der Waals surface area contributed by atoms with Gasteiger partial charge in [0.2, 0.25) is 5.91 Å². The van der Waals surface area contributed by atoms with Crippen LogP contribution < -0.4 is 15.8 Å². The highest BCUT2D eigenvalue weighted by Gasteiger charge is 2.34. The lowest BCUT2D eigenvalue weighted by Gasteiger charge is -2.18. The van der Waals surface area contributed by atoms with Crippen LogP contribution in [-0.2, 0) is 17.4 Å². The summed E-state index contributed by atoms with van der Waals surface area (Å²) >= 11 is 0. The standard InChI is InChI=1S/C19H21F3N2O2/c1-13(12-26-17-9-5-3-7-15(17)19(20,21)22)24-18(25)11-10-14-6-2-4-8-16(14)23/h2-9,13H,10-12,23H2,1H3,(H,24,25). The van der Waals surface area contributed by atoms with Gasteiger partial charge in [0.15, 0.2) is 0 Å². The van der Waals surface area contributed by atoms with Crippen LogP contribution in [0, 0.1) is 0 Å². The number of carbonyl (C=O) groups is 1. The van der Waals surface area contributed by atoms with Crippen molar-refractivity contribution in [3.05, 3.63) is 59.7 Å². The van der Waals surface area contributed by atoms with E-state index in [0.717, 1.165) is 11.6 Å². The molecule has 2 aromatic rings. The first-order valence-corrected chi connectivity index (χ1v) is 8.19. The number of anilines is 1. The molecule has 0 fully saturated rings. The van der Waals surface area contributed by atoms with Crippen LogP contribution in [0.15, 0.2) is 48.5 Å². The van der Waals surface area contributed by atoms with Crippen molar-refractivity contribution in [2.24, 2.45) is 0 Å². The van der Waals surface area contributed by atoms with Gasteiger partial charge in [0, 0.05) is 12.1 Å². The molecule has 0 aliphatic heterocycles. The van der Waals surface area contributed by atoms with E-state index in [0.29, 0.717) is 12.1 Å². The Balaban J connectivity index is 1.83. The average Bonchev–Trinajstić information content (AvgIpc) is 2.59. The first-order chi connectivity index (χ1) is 12.3. The Morgan fingerprint density at radius 2 is 1.81 bits per heavy atom. The van der Waals surface area contributed by atoms with Crippen LogP contribution >= 0.6 is 0 Å². The molecular formula is C19H21F3N2O2. The molecule has 0 saturated carbocycles. The van der Waals surface area contributed by atoms with E-state index in [4.69, 9.17) is 10.5 Å². The fourth-order valence-electron chi connectivity index (χ4n) is 2.44. The van der Waals surface area contributed by atoms with Gasteiger partial charge in [0.05, 0.1) is 11.6 Å². The number of benzene rings is 2. The minimum absolute atomic E-state index is 0.0632. The summed E-state index contributed by atoms with van der Waals surface area (Å²) in [5.41, 5.74) is 6.50.